The van der Waals surface area contributed by atoms with Gasteiger partial charge in [-0.25, -0.2) is 4.98 Å². The highest BCUT2D eigenvalue weighted by Crippen LogP contribution is 2.31. The Morgan fingerprint density at radius 3 is 3.12 bits per heavy atom. The fourth-order valence-corrected chi connectivity index (χ4v) is 2.30. The molecule has 3 heterocycles. The molecule has 0 aliphatic carbocycles. The van der Waals surface area contributed by atoms with E-state index in [1.54, 1.807) is 13.3 Å². The zero-order valence-corrected chi connectivity index (χ0v) is 9.79. The summed E-state index contributed by atoms with van der Waals surface area (Å²) in [4.78, 5) is 7.52. The Kier molecular flexibility index (Phi) is 2.57. The van der Waals surface area contributed by atoms with Gasteiger partial charge >= 0.3 is 0 Å². The van der Waals surface area contributed by atoms with Crippen molar-refractivity contribution >= 4 is 16.6 Å². The summed E-state index contributed by atoms with van der Waals surface area (Å²) in [5, 5.41) is 4.46. The van der Waals surface area contributed by atoms with Crippen molar-refractivity contribution in [2.75, 3.05) is 20.2 Å². The van der Waals surface area contributed by atoms with Crippen LogP contribution < -0.4 is 10.1 Å². The lowest BCUT2D eigenvalue weighted by molar-refractivity contribution is 0.419. The summed E-state index contributed by atoms with van der Waals surface area (Å²) < 4.78 is 5.41. The molecular weight excluding hydrogens is 214 g/mol. The van der Waals surface area contributed by atoms with E-state index in [4.69, 9.17) is 4.74 Å². The number of pyridine rings is 1. The molecule has 4 heteroatoms. The first-order valence-corrected chi connectivity index (χ1v) is 5.80. The highest BCUT2D eigenvalue weighted by Gasteiger charge is 2.14. The highest BCUT2D eigenvalue weighted by atomic mass is 16.5. The first-order valence-electron chi connectivity index (χ1n) is 5.80. The van der Waals surface area contributed by atoms with Gasteiger partial charge in [0, 0.05) is 24.5 Å². The quantitative estimate of drug-likeness (QED) is 0.827. The fraction of sp³-hybridized carbons (Fsp3) is 0.308. The van der Waals surface area contributed by atoms with Crippen LogP contribution in [0, 0.1) is 0 Å². The van der Waals surface area contributed by atoms with Gasteiger partial charge in [-0.15, -0.1) is 0 Å². The number of H-pyrrole nitrogens is 1. The van der Waals surface area contributed by atoms with E-state index in [0.717, 1.165) is 36.3 Å². The number of aromatic nitrogens is 2. The van der Waals surface area contributed by atoms with Crippen LogP contribution in [-0.4, -0.2) is 30.2 Å². The van der Waals surface area contributed by atoms with Crippen LogP contribution in [0.2, 0.25) is 0 Å². The molecule has 0 atom stereocenters. The number of hydrogen-bond acceptors (Lipinski definition) is 3. The number of rotatable bonds is 2. The first kappa shape index (κ1) is 10.4. The second-order valence-corrected chi connectivity index (χ2v) is 4.13. The maximum absolute atomic E-state index is 5.41. The molecule has 0 amide bonds. The third-order valence-electron chi connectivity index (χ3n) is 3.13. The average Bonchev–Trinajstić information content (AvgIpc) is 2.83. The molecule has 0 saturated heterocycles. The van der Waals surface area contributed by atoms with E-state index >= 15 is 0 Å². The Morgan fingerprint density at radius 1 is 1.41 bits per heavy atom. The molecule has 0 unspecified atom stereocenters. The van der Waals surface area contributed by atoms with E-state index in [1.165, 1.54) is 11.1 Å². The molecule has 0 saturated carbocycles. The minimum Gasteiger partial charge on any atom is -0.496 e. The summed E-state index contributed by atoms with van der Waals surface area (Å²) >= 11 is 0. The largest absolute Gasteiger partial charge is 0.496 e. The second-order valence-electron chi connectivity index (χ2n) is 4.13. The van der Waals surface area contributed by atoms with E-state index in [2.05, 4.69) is 21.4 Å². The lowest BCUT2D eigenvalue weighted by atomic mass is 10.0. The molecule has 0 fully saturated rings. The van der Waals surface area contributed by atoms with Gasteiger partial charge in [0.05, 0.1) is 12.5 Å². The highest BCUT2D eigenvalue weighted by molar-refractivity contribution is 5.95. The van der Waals surface area contributed by atoms with Crippen molar-refractivity contribution in [1.82, 2.24) is 15.3 Å². The van der Waals surface area contributed by atoms with Gasteiger partial charge in [0.1, 0.15) is 11.4 Å². The Morgan fingerprint density at radius 2 is 2.35 bits per heavy atom. The van der Waals surface area contributed by atoms with Crippen molar-refractivity contribution < 1.29 is 4.74 Å². The van der Waals surface area contributed by atoms with Crippen molar-refractivity contribution in [3.05, 3.63) is 30.1 Å². The molecule has 3 rings (SSSR count). The van der Waals surface area contributed by atoms with Crippen molar-refractivity contribution in [3.8, 4) is 5.75 Å². The predicted octanol–water partition coefficient (Wildman–Crippen LogP) is 1.95. The minimum atomic E-state index is 0.873. The molecule has 0 aromatic carbocycles. The molecule has 1 aliphatic rings. The monoisotopic (exact) mass is 229 g/mol. The topological polar surface area (TPSA) is 49.9 Å². The van der Waals surface area contributed by atoms with E-state index in [1.807, 2.05) is 12.3 Å². The van der Waals surface area contributed by atoms with Crippen LogP contribution in [0.15, 0.2) is 24.5 Å². The van der Waals surface area contributed by atoms with Gasteiger partial charge in [-0.05, 0) is 24.6 Å². The van der Waals surface area contributed by atoms with Crippen LogP contribution in [0.25, 0.3) is 16.6 Å². The van der Waals surface area contributed by atoms with E-state index in [-0.39, 0.29) is 0 Å². The lowest BCUT2D eigenvalue weighted by Gasteiger charge is -2.14. The van der Waals surface area contributed by atoms with Crippen LogP contribution in [0.5, 0.6) is 5.75 Å². The number of ether oxygens (including phenoxy) is 1. The molecule has 0 radical (unpaired) electrons. The van der Waals surface area contributed by atoms with E-state index < -0.39 is 0 Å². The Hall–Kier alpha value is -1.81. The zero-order valence-electron chi connectivity index (χ0n) is 9.79. The molecule has 2 aromatic heterocycles. The summed E-state index contributed by atoms with van der Waals surface area (Å²) in [6.07, 6.45) is 7.13. The molecule has 4 nitrogen and oxygen atoms in total. The molecular formula is C13H15N3O. The summed E-state index contributed by atoms with van der Waals surface area (Å²) in [6, 6.07) is 1.90. The molecule has 88 valence electrons. The first-order chi connectivity index (χ1) is 8.40. The van der Waals surface area contributed by atoms with Crippen LogP contribution >= 0.6 is 0 Å². The van der Waals surface area contributed by atoms with Crippen LogP contribution in [-0.2, 0) is 0 Å². The van der Waals surface area contributed by atoms with Gasteiger partial charge in [0.2, 0.25) is 0 Å². The van der Waals surface area contributed by atoms with E-state index in [9.17, 15) is 0 Å². The van der Waals surface area contributed by atoms with Gasteiger partial charge < -0.3 is 15.0 Å². The standard InChI is InChI=1S/C13H15N3O/c1-17-11-4-6-15-13-12(11)10(8-16-13)9-3-2-5-14-7-9/h3-4,6,8,14H,2,5,7H2,1H3,(H,15,16). The summed E-state index contributed by atoms with van der Waals surface area (Å²) in [5.74, 6) is 0.873. The maximum Gasteiger partial charge on any atom is 0.141 e. The Balaban J connectivity index is 2.19. The summed E-state index contributed by atoms with van der Waals surface area (Å²) in [7, 11) is 1.69. The van der Waals surface area contributed by atoms with Crippen LogP contribution in [0.3, 0.4) is 0 Å². The number of nitrogens with zero attached hydrogens (tertiary/aromatic N) is 1. The van der Waals surface area contributed by atoms with Crippen LogP contribution in [0.4, 0.5) is 0 Å². The molecule has 2 N–H and O–H groups in total. The third kappa shape index (κ3) is 1.70. The van der Waals surface area contributed by atoms with Gasteiger partial charge in [0.25, 0.3) is 0 Å². The summed E-state index contributed by atoms with van der Waals surface area (Å²) in [5.41, 5.74) is 3.39. The molecule has 0 spiro atoms. The van der Waals surface area contributed by atoms with Gasteiger partial charge in [-0.2, -0.15) is 0 Å². The smallest absolute Gasteiger partial charge is 0.141 e. The second kappa shape index (κ2) is 4.22. The number of methoxy groups -OCH3 is 1. The van der Waals surface area contributed by atoms with Gasteiger partial charge in [-0.1, -0.05) is 6.08 Å². The Labute approximate surface area is 99.7 Å². The van der Waals surface area contributed by atoms with Crippen molar-refractivity contribution in [2.45, 2.75) is 6.42 Å². The lowest BCUT2D eigenvalue weighted by Crippen LogP contribution is -2.21. The fourth-order valence-electron chi connectivity index (χ4n) is 2.30. The van der Waals surface area contributed by atoms with Gasteiger partial charge in [0.15, 0.2) is 0 Å². The van der Waals surface area contributed by atoms with Crippen molar-refractivity contribution in [2.24, 2.45) is 0 Å². The number of nitrogens with one attached hydrogen (secondary N) is 2. The van der Waals surface area contributed by atoms with E-state index in [0.29, 0.717) is 0 Å². The maximum atomic E-state index is 5.41. The molecule has 17 heavy (non-hydrogen) atoms. The van der Waals surface area contributed by atoms with Crippen molar-refractivity contribution in [1.29, 1.82) is 0 Å². The summed E-state index contributed by atoms with van der Waals surface area (Å²) in [6.45, 7) is 1.96. The number of aromatic amines is 1. The van der Waals surface area contributed by atoms with Gasteiger partial charge in [-0.3, -0.25) is 0 Å². The zero-order chi connectivity index (χ0) is 11.7. The molecule has 2 aromatic rings. The third-order valence-corrected chi connectivity index (χ3v) is 3.13. The number of fused-ring (bicyclic) bond motifs is 1. The minimum absolute atomic E-state index is 0.873. The average molecular weight is 229 g/mol. The normalized spacial score (nSPS) is 15.9. The van der Waals surface area contributed by atoms with Crippen LogP contribution in [0.1, 0.15) is 12.0 Å². The van der Waals surface area contributed by atoms with Crippen molar-refractivity contribution in [3.63, 3.8) is 0 Å². The number of hydrogen-bond donors (Lipinski definition) is 2. The molecule has 0 bridgehead atoms. The molecule has 1 aliphatic heterocycles. The SMILES string of the molecule is COc1ccnc2[nH]cc(C3=CCCNC3)c12. The Bertz CT molecular complexity index is 571. The predicted molar refractivity (Wildman–Crippen MR) is 68.1 cm³/mol.